The number of esters is 1. The molecule has 0 bridgehead atoms. The third-order valence-electron chi connectivity index (χ3n) is 3.41. The summed E-state index contributed by atoms with van der Waals surface area (Å²) in [6.07, 6.45) is 4.54. The smallest absolute Gasteiger partial charge is 0.358 e. The summed E-state index contributed by atoms with van der Waals surface area (Å²) < 4.78 is 5.55. The van der Waals surface area contributed by atoms with Crippen LogP contribution in [0.3, 0.4) is 0 Å². The molecule has 0 radical (unpaired) electrons. The Morgan fingerprint density at radius 2 is 2.28 bits per heavy atom. The van der Waals surface area contributed by atoms with E-state index < -0.39 is 0 Å². The van der Waals surface area contributed by atoms with Crippen LogP contribution in [0.25, 0.3) is 0 Å². The molecule has 18 heavy (non-hydrogen) atoms. The van der Waals surface area contributed by atoms with E-state index in [9.17, 15) is 4.79 Å². The van der Waals surface area contributed by atoms with Gasteiger partial charge in [-0.1, -0.05) is 13.3 Å². The van der Waals surface area contributed by atoms with Gasteiger partial charge in [-0.3, -0.25) is 0 Å². The number of ether oxygens (including phenoxy) is 1. The summed E-state index contributed by atoms with van der Waals surface area (Å²) in [5.41, 5.74) is 6.12. The van der Waals surface area contributed by atoms with Gasteiger partial charge in [-0.05, 0) is 32.1 Å². The van der Waals surface area contributed by atoms with Crippen LogP contribution in [0.4, 0.5) is 0 Å². The first-order valence-corrected chi connectivity index (χ1v) is 7.38. The number of hydrogen-bond acceptors (Lipinski definition) is 5. The van der Waals surface area contributed by atoms with Gasteiger partial charge in [0.2, 0.25) is 0 Å². The summed E-state index contributed by atoms with van der Waals surface area (Å²) >= 11 is 1.41. The topological polar surface area (TPSA) is 65.2 Å². The summed E-state index contributed by atoms with van der Waals surface area (Å²) in [4.78, 5) is 16.2. The fraction of sp³-hybridized carbons (Fsp3) is 0.692. The van der Waals surface area contributed by atoms with Crippen molar-refractivity contribution in [3.63, 3.8) is 0 Å². The van der Waals surface area contributed by atoms with Crippen LogP contribution >= 0.6 is 11.3 Å². The minimum absolute atomic E-state index is 0.0479. The van der Waals surface area contributed by atoms with Crippen molar-refractivity contribution in [2.24, 2.45) is 11.7 Å². The number of nitrogens with two attached hydrogens (primary N) is 1. The van der Waals surface area contributed by atoms with E-state index in [1.165, 1.54) is 17.8 Å². The Kier molecular flexibility index (Phi) is 4.35. The summed E-state index contributed by atoms with van der Waals surface area (Å²) in [5, 5.41) is 2.51. The number of carbonyl (C=O) groups excluding carboxylic acids is 1. The largest absolute Gasteiger partial charge is 0.457 e. The molecule has 3 atom stereocenters. The summed E-state index contributed by atoms with van der Waals surface area (Å²) in [6, 6.07) is -0.134. The summed E-state index contributed by atoms with van der Waals surface area (Å²) in [6.45, 7) is 4.00. The zero-order valence-corrected chi connectivity index (χ0v) is 11.7. The van der Waals surface area contributed by atoms with Gasteiger partial charge in [-0.15, -0.1) is 11.3 Å². The Morgan fingerprint density at radius 1 is 1.56 bits per heavy atom. The maximum Gasteiger partial charge on any atom is 0.358 e. The third kappa shape index (κ3) is 3.09. The molecule has 2 rings (SSSR count). The van der Waals surface area contributed by atoms with Crippen molar-refractivity contribution >= 4 is 17.3 Å². The Morgan fingerprint density at radius 3 is 2.89 bits per heavy atom. The number of rotatable bonds is 3. The molecular weight excluding hydrogens is 248 g/mol. The molecule has 3 unspecified atom stereocenters. The van der Waals surface area contributed by atoms with Gasteiger partial charge < -0.3 is 10.5 Å². The van der Waals surface area contributed by atoms with Gasteiger partial charge in [0.25, 0.3) is 0 Å². The number of hydrogen-bond donors (Lipinski definition) is 1. The normalized spacial score (nSPS) is 25.7. The van der Waals surface area contributed by atoms with Gasteiger partial charge in [-0.25, -0.2) is 9.78 Å². The molecule has 1 aromatic rings. The molecule has 5 heteroatoms. The molecule has 2 N–H and O–H groups in total. The first-order chi connectivity index (χ1) is 8.58. The van der Waals surface area contributed by atoms with E-state index in [1.807, 2.05) is 6.92 Å². The van der Waals surface area contributed by atoms with E-state index in [-0.39, 0.29) is 18.1 Å². The number of nitrogens with zero attached hydrogens (tertiary/aromatic N) is 1. The first kappa shape index (κ1) is 13.5. The van der Waals surface area contributed by atoms with E-state index in [0.29, 0.717) is 11.6 Å². The van der Waals surface area contributed by atoms with Gasteiger partial charge >= 0.3 is 5.97 Å². The highest BCUT2D eigenvalue weighted by atomic mass is 32.1. The van der Waals surface area contributed by atoms with Crippen LogP contribution in [0.15, 0.2) is 5.38 Å². The van der Waals surface area contributed by atoms with Gasteiger partial charge in [0.1, 0.15) is 11.1 Å². The molecule has 1 heterocycles. The molecule has 1 aliphatic carbocycles. The summed E-state index contributed by atoms with van der Waals surface area (Å²) in [7, 11) is 0. The molecule has 4 nitrogen and oxygen atoms in total. The predicted octanol–water partition coefficient (Wildman–Crippen LogP) is 2.90. The lowest BCUT2D eigenvalue weighted by molar-refractivity contribution is 0.00426. The fourth-order valence-electron chi connectivity index (χ4n) is 2.25. The van der Waals surface area contributed by atoms with E-state index >= 15 is 0 Å². The van der Waals surface area contributed by atoms with Crippen molar-refractivity contribution in [2.45, 2.75) is 51.7 Å². The van der Waals surface area contributed by atoms with E-state index in [4.69, 9.17) is 10.5 Å². The summed E-state index contributed by atoms with van der Waals surface area (Å²) in [5.74, 6) is 0.145. The average Bonchev–Trinajstić information content (AvgIpc) is 2.81. The van der Waals surface area contributed by atoms with Crippen LogP contribution in [-0.2, 0) is 4.74 Å². The van der Waals surface area contributed by atoms with Crippen molar-refractivity contribution in [3.8, 4) is 0 Å². The highest BCUT2D eigenvalue weighted by Gasteiger charge is 2.26. The highest BCUT2D eigenvalue weighted by molar-refractivity contribution is 7.09. The van der Waals surface area contributed by atoms with Crippen LogP contribution in [0.5, 0.6) is 0 Å². The average molecular weight is 268 g/mol. The quantitative estimate of drug-likeness (QED) is 0.856. The lowest BCUT2D eigenvalue weighted by Gasteiger charge is -2.28. The maximum atomic E-state index is 12.0. The number of aromatic nitrogens is 1. The second-order valence-corrected chi connectivity index (χ2v) is 5.95. The van der Waals surface area contributed by atoms with Gasteiger partial charge in [-0.2, -0.15) is 0 Å². The Bertz CT molecular complexity index is 417. The van der Waals surface area contributed by atoms with Crippen molar-refractivity contribution in [1.82, 2.24) is 4.98 Å². The molecule has 0 aliphatic heterocycles. The Labute approximate surface area is 112 Å². The lowest BCUT2D eigenvalue weighted by atomic mass is 9.88. The van der Waals surface area contributed by atoms with Crippen LogP contribution in [0.2, 0.25) is 0 Å². The SMILES string of the molecule is CC(N)c1nc(C(=O)OC2CCCCC2C)cs1. The molecule has 0 aromatic carbocycles. The van der Waals surface area contributed by atoms with Crippen LogP contribution in [0, 0.1) is 5.92 Å². The van der Waals surface area contributed by atoms with Crippen LogP contribution < -0.4 is 5.73 Å². The van der Waals surface area contributed by atoms with Gasteiger partial charge in [0.15, 0.2) is 5.69 Å². The van der Waals surface area contributed by atoms with Crippen molar-refractivity contribution in [2.75, 3.05) is 0 Å². The van der Waals surface area contributed by atoms with Crippen molar-refractivity contribution < 1.29 is 9.53 Å². The second-order valence-electron chi connectivity index (χ2n) is 5.07. The molecule has 1 aliphatic rings. The molecule has 100 valence electrons. The minimum Gasteiger partial charge on any atom is -0.457 e. The Balaban J connectivity index is 1.98. The van der Waals surface area contributed by atoms with E-state index in [1.54, 1.807) is 5.38 Å². The zero-order chi connectivity index (χ0) is 13.1. The zero-order valence-electron chi connectivity index (χ0n) is 10.9. The lowest BCUT2D eigenvalue weighted by Crippen LogP contribution is -2.28. The monoisotopic (exact) mass is 268 g/mol. The number of carbonyl (C=O) groups is 1. The number of thiazole rings is 1. The van der Waals surface area contributed by atoms with Crippen LogP contribution in [0.1, 0.15) is 61.1 Å². The van der Waals surface area contributed by atoms with Crippen LogP contribution in [-0.4, -0.2) is 17.1 Å². The predicted molar refractivity (Wildman–Crippen MR) is 71.6 cm³/mol. The molecule has 1 aromatic heterocycles. The first-order valence-electron chi connectivity index (χ1n) is 6.50. The van der Waals surface area contributed by atoms with Gasteiger partial charge in [0.05, 0.1) is 6.04 Å². The maximum absolute atomic E-state index is 12.0. The standard InChI is InChI=1S/C13H20N2O2S/c1-8-5-3-4-6-11(8)17-13(16)10-7-18-12(15-10)9(2)14/h7-9,11H,3-6,14H2,1-2H3. The molecule has 0 spiro atoms. The third-order valence-corrected chi connectivity index (χ3v) is 4.46. The highest BCUT2D eigenvalue weighted by Crippen LogP contribution is 2.27. The molecule has 1 fully saturated rings. The second kappa shape index (κ2) is 5.80. The van der Waals surface area contributed by atoms with Crippen molar-refractivity contribution in [3.05, 3.63) is 16.1 Å². The van der Waals surface area contributed by atoms with Gasteiger partial charge in [0, 0.05) is 5.38 Å². The Hall–Kier alpha value is -0.940. The molecule has 0 saturated heterocycles. The van der Waals surface area contributed by atoms with E-state index in [2.05, 4.69) is 11.9 Å². The fourth-order valence-corrected chi connectivity index (χ4v) is 2.99. The molecule has 1 saturated carbocycles. The van der Waals surface area contributed by atoms with Crippen molar-refractivity contribution in [1.29, 1.82) is 0 Å². The molecular formula is C13H20N2O2S. The molecule has 0 amide bonds. The van der Waals surface area contributed by atoms with E-state index in [0.717, 1.165) is 24.3 Å². The minimum atomic E-state index is -0.308.